The van der Waals surface area contributed by atoms with Gasteiger partial charge in [-0.1, -0.05) is 50.6 Å². The van der Waals surface area contributed by atoms with Crippen LogP contribution >= 0.6 is 0 Å². The third kappa shape index (κ3) is 10.2. The van der Waals surface area contributed by atoms with E-state index in [9.17, 15) is 29.1 Å². The summed E-state index contributed by atoms with van der Waals surface area (Å²) in [4.78, 5) is 69.1. The van der Waals surface area contributed by atoms with E-state index in [0.29, 0.717) is 17.7 Å². The van der Waals surface area contributed by atoms with Crippen molar-refractivity contribution >= 4 is 29.6 Å². The van der Waals surface area contributed by atoms with Gasteiger partial charge in [0.25, 0.3) is 0 Å². The predicted octanol–water partition coefficient (Wildman–Crippen LogP) is -0.627. The molecule has 0 aliphatic rings. The number of carboxylic acids is 1. The first kappa shape index (κ1) is 31.0. The highest BCUT2D eigenvalue weighted by atomic mass is 16.4. The largest absolute Gasteiger partial charge is 0.480 e. The van der Waals surface area contributed by atoms with Gasteiger partial charge in [0.05, 0.1) is 12.4 Å². The van der Waals surface area contributed by atoms with E-state index in [4.69, 9.17) is 11.5 Å². The summed E-state index contributed by atoms with van der Waals surface area (Å²) in [7, 11) is 0. The van der Waals surface area contributed by atoms with Crippen LogP contribution < -0.4 is 27.4 Å². The van der Waals surface area contributed by atoms with Crippen molar-refractivity contribution in [2.24, 2.45) is 17.4 Å². The van der Waals surface area contributed by atoms with Gasteiger partial charge in [-0.3, -0.25) is 19.2 Å². The fourth-order valence-corrected chi connectivity index (χ4v) is 3.75. The van der Waals surface area contributed by atoms with Gasteiger partial charge in [-0.2, -0.15) is 0 Å². The molecule has 0 aliphatic heterocycles. The van der Waals surface area contributed by atoms with E-state index < -0.39 is 53.8 Å². The molecule has 212 valence electrons. The Kier molecular flexibility index (Phi) is 12.1. The van der Waals surface area contributed by atoms with E-state index >= 15 is 0 Å². The molecule has 13 nitrogen and oxygen atoms in total. The number of primary amides is 1. The number of H-pyrrole nitrogens is 1. The lowest BCUT2D eigenvalue weighted by Gasteiger charge is -2.26. The van der Waals surface area contributed by atoms with E-state index in [-0.39, 0.29) is 31.6 Å². The Morgan fingerprint density at radius 1 is 0.949 bits per heavy atom. The number of aromatic amines is 1. The average molecular weight is 544 g/mol. The third-order valence-corrected chi connectivity index (χ3v) is 6.38. The molecular formula is C26H37N7O6. The number of carbonyl (C=O) groups is 5. The molecule has 0 radical (unpaired) electrons. The molecule has 2 aromatic rings. The minimum atomic E-state index is -1.39. The number of nitrogens with one attached hydrogen (secondary N) is 4. The first-order valence-corrected chi connectivity index (χ1v) is 12.7. The molecule has 13 heteroatoms. The second-order valence-electron chi connectivity index (χ2n) is 9.41. The number of benzene rings is 1. The Hall–Kier alpha value is -4.26. The van der Waals surface area contributed by atoms with Gasteiger partial charge in [0.2, 0.25) is 23.6 Å². The fraction of sp³-hybridized carbons (Fsp3) is 0.462. The summed E-state index contributed by atoms with van der Waals surface area (Å²) >= 11 is 0. The molecule has 4 amide bonds. The number of amides is 4. The van der Waals surface area contributed by atoms with Crippen LogP contribution in [0.5, 0.6) is 0 Å². The zero-order valence-electron chi connectivity index (χ0n) is 22.1. The predicted molar refractivity (Wildman–Crippen MR) is 142 cm³/mol. The van der Waals surface area contributed by atoms with Crippen LogP contribution in [0.3, 0.4) is 0 Å². The molecule has 1 aromatic carbocycles. The first-order valence-electron chi connectivity index (χ1n) is 12.7. The number of aliphatic carboxylic acids is 1. The molecule has 0 bridgehead atoms. The molecule has 1 aromatic heterocycles. The summed E-state index contributed by atoms with van der Waals surface area (Å²) in [6.07, 6.45) is 3.21. The number of nitrogens with zero attached hydrogens (tertiary/aromatic N) is 1. The molecular weight excluding hydrogens is 506 g/mol. The van der Waals surface area contributed by atoms with E-state index in [0.717, 1.165) is 0 Å². The van der Waals surface area contributed by atoms with Gasteiger partial charge in [-0.15, -0.1) is 0 Å². The SMILES string of the molecule is CCC(C)C(N)C(=O)NC(Cc1cnc[nH]1)C(=O)NC(Cc1ccccc1)C(=O)NC(CCC(N)=O)C(=O)O. The average Bonchev–Trinajstić information content (AvgIpc) is 3.42. The van der Waals surface area contributed by atoms with Crippen molar-refractivity contribution in [3.8, 4) is 0 Å². The summed E-state index contributed by atoms with van der Waals surface area (Å²) in [6.45, 7) is 3.72. The second-order valence-corrected chi connectivity index (χ2v) is 9.41. The Morgan fingerprint density at radius 2 is 1.54 bits per heavy atom. The zero-order valence-corrected chi connectivity index (χ0v) is 22.1. The number of aromatic nitrogens is 2. The molecule has 0 saturated heterocycles. The lowest BCUT2D eigenvalue weighted by atomic mass is 9.98. The molecule has 0 spiro atoms. The van der Waals surface area contributed by atoms with Gasteiger partial charge >= 0.3 is 5.97 Å². The maximum absolute atomic E-state index is 13.4. The minimum Gasteiger partial charge on any atom is -0.480 e. The molecule has 5 unspecified atom stereocenters. The van der Waals surface area contributed by atoms with Gasteiger partial charge in [0.1, 0.15) is 18.1 Å². The monoisotopic (exact) mass is 543 g/mol. The van der Waals surface area contributed by atoms with Gasteiger partial charge in [0.15, 0.2) is 0 Å². The second kappa shape index (κ2) is 15.2. The van der Waals surface area contributed by atoms with Crippen LogP contribution in [0.2, 0.25) is 0 Å². The lowest BCUT2D eigenvalue weighted by Crippen LogP contribution is -2.58. The standard InChI is InChI=1S/C26H37N7O6/c1-3-15(2)22(28)25(37)33-20(12-17-13-29-14-30-17)24(36)32-19(11-16-7-5-4-6-8-16)23(35)31-18(26(38)39)9-10-21(27)34/h4-8,13-15,18-20,22H,3,9-12,28H2,1-2H3,(H2,27,34)(H,29,30)(H,31,35)(H,32,36)(H,33,37)(H,38,39). The van der Waals surface area contributed by atoms with Gasteiger partial charge < -0.3 is 37.5 Å². The molecule has 0 fully saturated rings. The van der Waals surface area contributed by atoms with Gasteiger partial charge in [-0.05, 0) is 17.9 Å². The summed E-state index contributed by atoms with van der Waals surface area (Å²) in [5.74, 6) is -4.16. The molecule has 9 N–H and O–H groups in total. The van der Waals surface area contributed by atoms with Crippen LogP contribution in [0.25, 0.3) is 0 Å². The smallest absolute Gasteiger partial charge is 0.326 e. The number of nitrogens with two attached hydrogens (primary N) is 2. The summed E-state index contributed by atoms with van der Waals surface area (Å²) in [6, 6.07) is 4.27. The molecule has 1 heterocycles. The molecule has 2 rings (SSSR count). The third-order valence-electron chi connectivity index (χ3n) is 6.38. The summed E-state index contributed by atoms with van der Waals surface area (Å²) in [5.41, 5.74) is 12.5. The number of carbonyl (C=O) groups excluding carboxylic acids is 4. The molecule has 0 aliphatic carbocycles. The van der Waals surface area contributed by atoms with Gasteiger partial charge in [0, 0.05) is 31.2 Å². The van der Waals surface area contributed by atoms with E-state index in [1.807, 2.05) is 13.8 Å². The number of hydrogen-bond acceptors (Lipinski definition) is 7. The maximum atomic E-state index is 13.4. The van der Waals surface area contributed by atoms with Crippen molar-refractivity contribution in [3.63, 3.8) is 0 Å². The molecule has 5 atom stereocenters. The van der Waals surface area contributed by atoms with Crippen LogP contribution in [0.15, 0.2) is 42.9 Å². The Bertz CT molecular complexity index is 1110. The normalized spacial score (nSPS) is 14.7. The van der Waals surface area contributed by atoms with Crippen molar-refractivity contribution in [3.05, 3.63) is 54.1 Å². The van der Waals surface area contributed by atoms with Crippen LogP contribution in [-0.2, 0) is 36.8 Å². The Balaban J connectivity index is 2.27. The van der Waals surface area contributed by atoms with E-state index in [2.05, 4.69) is 25.9 Å². The number of rotatable bonds is 16. The fourth-order valence-electron chi connectivity index (χ4n) is 3.75. The van der Waals surface area contributed by atoms with Crippen LogP contribution in [-0.4, -0.2) is 68.8 Å². The quantitative estimate of drug-likeness (QED) is 0.144. The Morgan fingerprint density at radius 3 is 2.08 bits per heavy atom. The topological polar surface area (TPSA) is 222 Å². The lowest BCUT2D eigenvalue weighted by molar-refractivity contribution is -0.142. The van der Waals surface area contributed by atoms with Crippen molar-refractivity contribution in [2.75, 3.05) is 0 Å². The van der Waals surface area contributed by atoms with Crippen molar-refractivity contribution in [1.82, 2.24) is 25.9 Å². The first-order chi connectivity index (χ1) is 18.5. The van der Waals surface area contributed by atoms with Crippen molar-refractivity contribution in [2.45, 2.75) is 70.1 Å². The van der Waals surface area contributed by atoms with Gasteiger partial charge in [-0.25, -0.2) is 9.78 Å². The Labute approximate surface area is 226 Å². The molecule has 39 heavy (non-hydrogen) atoms. The zero-order chi connectivity index (χ0) is 28.9. The van der Waals surface area contributed by atoms with Crippen LogP contribution in [0, 0.1) is 5.92 Å². The van der Waals surface area contributed by atoms with Crippen LogP contribution in [0.4, 0.5) is 0 Å². The maximum Gasteiger partial charge on any atom is 0.326 e. The van der Waals surface area contributed by atoms with Crippen LogP contribution in [0.1, 0.15) is 44.4 Å². The number of hydrogen-bond donors (Lipinski definition) is 7. The molecule has 0 saturated carbocycles. The summed E-state index contributed by atoms with van der Waals surface area (Å²) in [5, 5.41) is 17.2. The summed E-state index contributed by atoms with van der Waals surface area (Å²) < 4.78 is 0. The van der Waals surface area contributed by atoms with Crippen molar-refractivity contribution < 1.29 is 29.1 Å². The number of carboxylic acid groups (broad SMARTS) is 1. The van der Waals surface area contributed by atoms with E-state index in [1.165, 1.54) is 12.5 Å². The highest BCUT2D eigenvalue weighted by Gasteiger charge is 2.31. The highest BCUT2D eigenvalue weighted by molar-refractivity contribution is 5.94. The van der Waals surface area contributed by atoms with Crippen molar-refractivity contribution in [1.29, 1.82) is 0 Å². The van der Waals surface area contributed by atoms with E-state index in [1.54, 1.807) is 30.3 Å². The minimum absolute atomic E-state index is 0.0394. The highest BCUT2D eigenvalue weighted by Crippen LogP contribution is 2.09. The number of imidazole rings is 1.